The first-order valence-electron chi connectivity index (χ1n) is 8.37. The van der Waals surface area contributed by atoms with E-state index < -0.39 is 0 Å². The van der Waals surface area contributed by atoms with Crippen LogP contribution in [0, 0.1) is 0 Å². The van der Waals surface area contributed by atoms with Gasteiger partial charge in [0.1, 0.15) is 5.82 Å². The van der Waals surface area contributed by atoms with Crippen LogP contribution in [-0.2, 0) is 11.3 Å². The molecule has 0 bridgehead atoms. The SMILES string of the molecule is CN(Cc1ccccc1Br)C(=O)CSc1n[nH]c(/C=C/c2ccccc2)n1. The van der Waals surface area contributed by atoms with Crippen LogP contribution in [0.5, 0.6) is 0 Å². The normalized spacial score (nSPS) is 11.0. The van der Waals surface area contributed by atoms with Gasteiger partial charge in [-0.05, 0) is 23.3 Å². The summed E-state index contributed by atoms with van der Waals surface area (Å²) in [5.41, 5.74) is 2.16. The van der Waals surface area contributed by atoms with Crippen LogP contribution < -0.4 is 0 Å². The van der Waals surface area contributed by atoms with E-state index in [4.69, 9.17) is 0 Å². The monoisotopic (exact) mass is 442 g/mol. The molecule has 0 saturated carbocycles. The highest BCUT2D eigenvalue weighted by Crippen LogP contribution is 2.19. The van der Waals surface area contributed by atoms with Crippen LogP contribution in [0.2, 0.25) is 0 Å². The van der Waals surface area contributed by atoms with Gasteiger partial charge in [0.15, 0.2) is 0 Å². The van der Waals surface area contributed by atoms with E-state index in [0.717, 1.165) is 15.6 Å². The fourth-order valence-corrected chi connectivity index (χ4v) is 3.50. The third-order valence-corrected chi connectivity index (χ3v) is 5.44. The van der Waals surface area contributed by atoms with Crippen LogP contribution in [0.4, 0.5) is 0 Å². The number of nitrogens with one attached hydrogen (secondary N) is 1. The molecule has 1 amide bonds. The molecule has 0 aliphatic carbocycles. The summed E-state index contributed by atoms with van der Waals surface area (Å²) < 4.78 is 1.00. The highest BCUT2D eigenvalue weighted by atomic mass is 79.9. The second kappa shape index (κ2) is 9.53. The number of carbonyl (C=O) groups is 1. The van der Waals surface area contributed by atoms with Gasteiger partial charge in [-0.1, -0.05) is 82.3 Å². The molecule has 1 N–H and O–H groups in total. The fourth-order valence-electron chi connectivity index (χ4n) is 2.34. The number of nitrogens with zero attached hydrogens (tertiary/aromatic N) is 3. The van der Waals surface area contributed by atoms with Crippen molar-refractivity contribution in [2.24, 2.45) is 0 Å². The molecule has 0 fully saturated rings. The number of rotatable bonds is 7. The van der Waals surface area contributed by atoms with Crippen molar-refractivity contribution in [2.45, 2.75) is 11.7 Å². The van der Waals surface area contributed by atoms with E-state index >= 15 is 0 Å². The molecule has 0 atom stereocenters. The van der Waals surface area contributed by atoms with E-state index in [-0.39, 0.29) is 5.91 Å². The van der Waals surface area contributed by atoms with Crippen molar-refractivity contribution < 1.29 is 4.79 Å². The average Bonchev–Trinajstić information content (AvgIpc) is 3.15. The van der Waals surface area contributed by atoms with Gasteiger partial charge in [-0.3, -0.25) is 9.89 Å². The number of halogens is 1. The van der Waals surface area contributed by atoms with E-state index in [1.165, 1.54) is 11.8 Å². The first-order valence-corrected chi connectivity index (χ1v) is 10.2. The first-order chi connectivity index (χ1) is 13.1. The molecule has 0 aliphatic rings. The molecule has 0 aliphatic heterocycles. The van der Waals surface area contributed by atoms with E-state index in [1.54, 1.807) is 11.9 Å². The molecule has 27 heavy (non-hydrogen) atoms. The molecule has 0 spiro atoms. The maximum atomic E-state index is 12.4. The molecule has 1 aromatic heterocycles. The Labute approximate surface area is 171 Å². The summed E-state index contributed by atoms with van der Waals surface area (Å²) in [6.07, 6.45) is 3.83. The minimum absolute atomic E-state index is 0.0296. The number of thioether (sulfide) groups is 1. The van der Waals surface area contributed by atoms with Crippen molar-refractivity contribution in [1.29, 1.82) is 0 Å². The lowest BCUT2D eigenvalue weighted by Crippen LogP contribution is -2.27. The maximum absolute atomic E-state index is 12.4. The molecular weight excluding hydrogens is 424 g/mol. The molecule has 138 valence electrons. The van der Waals surface area contributed by atoms with Gasteiger partial charge in [0.05, 0.1) is 5.75 Å². The lowest BCUT2D eigenvalue weighted by atomic mass is 10.2. The van der Waals surface area contributed by atoms with Gasteiger partial charge in [-0.2, -0.15) is 0 Å². The largest absolute Gasteiger partial charge is 0.341 e. The molecule has 7 heteroatoms. The summed E-state index contributed by atoms with van der Waals surface area (Å²) in [5, 5.41) is 7.59. The van der Waals surface area contributed by atoms with Gasteiger partial charge in [0.2, 0.25) is 11.1 Å². The third kappa shape index (κ3) is 5.80. The number of hydrogen-bond donors (Lipinski definition) is 1. The standard InChI is InChI=1S/C20H19BrN4OS/c1-25(13-16-9-5-6-10-17(16)21)19(26)14-27-20-22-18(23-24-20)12-11-15-7-3-2-4-8-15/h2-12H,13-14H2,1H3,(H,22,23,24)/b12-11+. The van der Waals surface area contributed by atoms with Gasteiger partial charge < -0.3 is 4.90 Å². The molecule has 2 aromatic carbocycles. The highest BCUT2D eigenvalue weighted by molar-refractivity contribution is 9.10. The zero-order valence-electron chi connectivity index (χ0n) is 14.8. The van der Waals surface area contributed by atoms with Gasteiger partial charge in [-0.25, -0.2) is 4.98 Å². The first kappa shape index (κ1) is 19.4. The Bertz CT molecular complexity index is 926. The van der Waals surface area contributed by atoms with E-state index in [1.807, 2.05) is 66.7 Å². The smallest absolute Gasteiger partial charge is 0.233 e. The van der Waals surface area contributed by atoms with Crippen LogP contribution in [0.3, 0.4) is 0 Å². The van der Waals surface area contributed by atoms with Crippen LogP contribution in [0.25, 0.3) is 12.2 Å². The molecule has 0 radical (unpaired) electrons. The Morgan fingerprint density at radius 3 is 2.67 bits per heavy atom. The quantitative estimate of drug-likeness (QED) is 0.547. The summed E-state index contributed by atoms with van der Waals surface area (Å²) in [5.74, 6) is 0.984. The van der Waals surface area contributed by atoms with Crippen LogP contribution in [0.15, 0.2) is 64.2 Å². The molecule has 3 aromatic rings. The molecule has 0 unspecified atom stereocenters. The lowest BCUT2D eigenvalue weighted by molar-refractivity contribution is -0.127. The van der Waals surface area contributed by atoms with Crippen molar-refractivity contribution in [3.05, 3.63) is 76.0 Å². The number of amides is 1. The van der Waals surface area contributed by atoms with Crippen molar-refractivity contribution >= 4 is 45.8 Å². The molecular formula is C20H19BrN4OS. The summed E-state index contributed by atoms with van der Waals surface area (Å²) in [7, 11) is 1.80. The average molecular weight is 443 g/mol. The van der Waals surface area contributed by atoms with E-state index in [9.17, 15) is 4.79 Å². The second-order valence-corrected chi connectivity index (χ2v) is 7.67. The highest BCUT2D eigenvalue weighted by Gasteiger charge is 2.13. The number of carbonyl (C=O) groups excluding carboxylic acids is 1. The van der Waals surface area contributed by atoms with Gasteiger partial charge in [0, 0.05) is 18.1 Å². The Morgan fingerprint density at radius 2 is 1.89 bits per heavy atom. The van der Waals surface area contributed by atoms with Gasteiger partial charge in [-0.15, -0.1) is 5.10 Å². The molecule has 1 heterocycles. The number of aromatic nitrogens is 3. The van der Waals surface area contributed by atoms with Crippen molar-refractivity contribution in [1.82, 2.24) is 20.1 Å². The van der Waals surface area contributed by atoms with Crippen LogP contribution >= 0.6 is 27.7 Å². The maximum Gasteiger partial charge on any atom is 0.233 e. The predicted molar refractivity (Wildman–Crippen MR) is 113 cm³/mol. The van der Waals surface area contributed by atoms with E-state index in [2.05, 4.69) is 31.1 Å². The minimum Gasteiger partial charge on any atom is -0.341 e. The summed E-state index contributed by atoms with van der Waals surface area (Å²) in [6, 6.07) is 17.9. The van der Waals surface area contributed by atoms with Crippen molar-refractivity contribution in [3.63, 3.8) is 0 Å². The number of hydrogen-bond acceptors (Lipinski definition) is 4. The van der Waals surface area contributed by atoms with Gasteiger partial charge >= 0.3 is 0 Å². The van der Waals surface area contributed by atoms with E-state index in [0.29, 0.717) is 23.3 Å². The van der Waals surface area contributed by atoms with Gasteiger partial charge in [0.25, 0.3) is 0 Å². The third-order valence-electron chi connectivity index (χ3n) is 3.83. The summed E-state index contributed by atoms with van der Waals surface area (Å²) >= 11 is 4.83. The zero-order chi connectivity index (χ0) is 19.1. The number of H-pyrrole nitrogens is 1. The van der Waals surface area contributed by atoms with Crippen LogP contribution in [-0.4, -0.2) is 38.8 Å². The topological polar surface area (TPSA) is 61.9 Å². The minimum atomic E-state index is 0.0296. The lowest BCUT2D eigenvalue weighted by Gasteiger charge is -2.17. The van der Waals surface area contributed by atoms with Crippen molar-refractivity contribution in [2.75, 3.05) is 12.8 Å². The summed E-state index contributed by atoms with van der Waals surface area (Å²) in [4.78, 5) is 18.4. The Hall–Kier alpha value is -2.38. The van der Waals surface area contributed by atoms with Crippen LogP contribution in [0.1, 0.15) is 17.0 Å². The number of benzene rings is 2. The molecule has 3 rings (SSSR count). The predicted octanol–water partition coefficient (Wildman–Crippen LogP) is 4.49. The Morgan fingerprint density at radius 1 is 1.15 bits per heavy atom. The molecule has 5 nitrogen and oxygen atoms in total. The summed E-state index contributed by atoms with van der Waals surface area (Å²) in [6.45, 7) is 0.555. The second-order valence-electron chi connectivity index (χ2n) is 5.88. The fraction of sp³-hybridized carbons (Fsp3) is 0.150. The number of aromatic amines is 1. The van der Waals surface area contributed by atoms with Crippen molar-refractivity contribution in [3.8, 4) is 0 Å². The Kier molecular flexibility index (Phi) is 6.84. The Balaban J connectivity index is 1.51. The zero-order valence-corrected chi connectivity index (χ0v) is 17.2. The molecule has 0 saturated heterocycles.